The van der Waals surface area contributed by atoms with E-state index < -0.39 is 0 Å². The Balaban J connectivity index is 1.43. The Morgan fingerprint density at radius 3 is 2.65 bits per heavy atom. The minimum absolute atomic E-state index is 0.0844. The number of amides is 1. The Bertz CT molecular complexity index is 1210. The summed E-state index contributed by atoms with van der Waals surface area (Å²) >= 11 is 1.57. The highest BCUT2D eigenvalue weighted by molar-refractivity contribution is 7.99. The lowest BCUT2D eigenvalue weighted by atomic mass is 9.98. The molecular formula is C28H34N4O4S. The van der Waals surface area contributed by atoms with Gasteiger partial charge in [-0.15, -0.1) is 10.2 Å². The number of nitrogens with zero attached hydrogens (tertiary/aromatic N) is 4. The summed E-state index contributed by atoms with van der Waals surface area (Å²) in [7, 11) is 1.65. The SMILES string of the molecule is CCOC(=O)C1CCCN(C(=O)CCCSc2nnc(-c3ccc(C)cc3)n2-c2ccccc2OC)C1. The molecule has 2 aromatic carbocycles. The van der Waals surface area contributed by atoms with Crippen LogP contribution in [0.5, 0.6) is 5.75 Å². The maximum absolute atomic E-state index is 12.8. The van der Waals surface area contributed by atoms with Crippen LogP contribution in [-0.2, 0) is 14.3 Å². The van der Waals surface area contributed by atoms with E-state index in [1.165, 1.54) is 5.56 Å². The number of benzene rings is 2. The number of piperidine rings is 1. The van der Waals surface area contributed by atoms with E-state index in [-0.39, 0.29) is 17.8 Å². The van der Waals surface area contributed by atoms with Gasteiger partial charge in [-0.1, -0.05) is 53.7 Å². The standard InChI is InChI=1S/C28H34N4O4S/c1-4-36-27(34)22-9-7-17-31(19-22)25(33)12-8-18-37-28-30-29-26(21-15-13-20(2)14-16-21)32(28)23-10-5-6-11-24(23)35-3/h5-6,10-11,13-16,22H,4,7-9,12,17-19H2,1-3H3. The highest BCUT2D eigenvalue weighted by Crippen LogP contribution is 2.33. The van der Waals surface area contributed by atoms with Crippen LogP contribution in [0.15, 0.2) is 53.7 Å². The molecule has 0 aliphatic carbocycles. The third-order valence-corrected chi connectivity index (χ3v) is 7.44. The topological polar surface area (TPSA) is 86.5 Å². The van der Waals surface area contributed by atoms with E-state index in [1.807, 2.05) is 45.9 Å². The maximum Gasteiger partial charge on any atom is 0.310 e. The van der Waals surface area contributed by atoms with E-state index in [0.717, 1.165) is 40.8 Å². The lowest BCUT2D eigenvalue weighted by Gasteiger charge is -2.31. The van der Waals surface area contributed by atoms with Gasteiger partial charge in [0.05, 0.1) is 25.3 Å². The predicted molar refractivity (Wildman–Crippen MR) is 144 cm³/mol. The molecule has 0 radical (unpaired) electrons. The number of thioether (sulfide) groups is 1. The highest BCUT2D eigenvalue weighted by atomic mass is 32.2. The number of aryl methyl sites for hydroxylation is 1. The normalized spacial score (nSPS) is 15.4. The van der Waals surface area contributed by atoms with E-state index >= 15 is 0 Å². The van der Waals surface area contributed by atoms with Crippen molar-refractivity contribution >= 4 is 23.6 Å². The van der Waals surface area contributed by atoms with Crippen molar-refractivity contribution in [3.63, 3.8) is 0 Å². The molecular weight excluding hydrogens is 488 g/mol. The molecule has 4 rings (SSSR count). The molecule has 1 aliphatic rings. The van der Waals surface area contributed by atoms with Gasteiger partial charge in [0.15, 0.2) is 11.0 Å². The van der Waals surface area contributed by atoms with E-state index in [1.54, 1.807) is 25.8 Å². The first kappa shape index (κ1) is 26.7. The van der Waals surface area contributed by atoms with Crippen molar-refractivity contribution in [2.75, 3.05) is 32.6 Å². The summed E-state index contributed by atoms with van der Waals surface area (Å²) in [5.74, 6) is 1.85. The number of carbonyl (C=O) groups excluding carboxylic acids is 2. The van der Waals surface area contributed by atoms with Crippen molar-refractivity contribution in [1.29, 1.82) is 0 Å². The van der Waals surface area contributed by atoms with E-state index in [4.69, 9.17) is 9.47 Å². The summed E-state index contributed by atoms with van der Waals surface area (Å²) in [6, 6.07) is 16.0. The number of carbonyl (C=O) groups is 2. The summed E-state index contributed by atoms with van der Waals surface area (Å²) in [6.45, 7) is 5.38. The fraction of sp³-hybridized carbons (Fsp3) is 0.429. The second kappa shape index (κ2) is 12.8. The third kappa shape index (κ3) is 6.52. The molecule has 0 saturated carbocycles. The number of ether oxygens (including phenoxy) is 2. The molecule has 0 spiro atoms. The minimum Gasteiger partial charge on any atom is -0.495 e. The van der Waals surface area contributed by atoms with Crippen molar-refractivity contribution in [3.8, 4) is 22.8 Å². The molecule has 1 atom stereocenters. The summed E-state index contributed by atoms with van der Waals surface area (Å²) in [4.78, 5) is 26.8. The largest absolute Gasteiger partial charge is 0.495 e. The fourth-order valence-electron chi connectivity index (χ4n) is 4.49. The van der Waals surface area contributed by atoms with Crippen LogP contribution in [0.3, 0.4) is 0 Å². The van der Waals surface area contributed by atoms with Crippen LogP contribution < -0.4 is 4.74 Å². The molecule has 2 heterocycles. The van der Waals surface area contributed by atoms with Crippen LogP contribution in [0, 0.1) is 12.8 Å². The molecule has 3 aromatic rings. The Kier molecular flexibility index (Phi) is 9.22. The second-order valence-electron chi connectivity index (χ2n) is 9.06. The Morgan fingerprint density at radius 2 is 1.89 bits per heavy atom. The third-order valence-electron chi connectivity index (χ3n) is 6.43. The zero-order valence-corrected chi connectivity index (χ0v) is 22.5. The van der Waals surface area contributed by atoms with Crippen molar-refractivity contribution in [3.05, 3.63) is 54.1 Å². The Labute approximate surface area is 222 Å². The van der Waals surface area contributed by atoms with Gasteiger partial charge < -0.3 is 14.4 Å². The number of rotatable bonds is 10. The van der Waals surface area contributed by atoms with Crippen LogP contribution in [0.1, 0.15) is 38.2 Å². The molecule has 8 nitrogen and oxygen atoms in total. The quantitative estimate of drug-likeness (QED) is 0.212. The number of para-hydroxylation sites is 2. The van der Waals surface area contributed by atoms with Crippen molar-refractivity contribution in [2.24, 2.45) is 5.92 Å². The summed E-state index contributed by atoms with van der Waals surface area (Å²) in [5, 5.41) is 9.75. The zero-order chi connectivity index (χ0) is 26.2. The lowest BCUT2D eigenvalue weighted by molar-refractivity contribution is -0.151. The average Bonchev–Trinajstić information content (AvgIpc) is 3.35. The predicted octanol–water partition coefficient (Wildman–Crippen LogP) is 4.93. The molecule has 1 amide bonds. The monoisotopic (exact) mass is 522 g/mol. The van der Waals surface area contributed by atoms with Crippen molar-refractivity contribution in [2.45, 2.75) is 44.7 Å². The van der Waals surface area contributed by atoms with Gasteiger partial charge >= 0.3 is 5.97 Å². The molecule has 9 heteroatoms. The number of hydrogen-bond acceptors (Lipinski definition) is 7. The summed E-state index contributed by atoms with van der Waals surface area (Å²) in [6.07, 6.45) is 2.73. The zero-order valence-electron chi connectivity index (χ0n) is 21.7. The van der Waals surface area contributed by atoms with Gasteiger partial charge in [-0.2, -0.15) is 0 Å². The van der Waals surface area contributed by atoms with Crippen molar-refractivity contribution in [1.82, 2.24) is 19.7 Å². The van der Waals surface area contributed by atoms with Gasteiger partial charge in [0.1, 0.15) is 5.75 Å². The summed E-state index contributed by atoms with van der Waals surface area (Å²) < 4.78 is 12.8. The fourth-order valence-corrected chi connectivity index (χ4v) is 5.37. The van der Waals surface area contributed by atoms with Gasteiger partial charge in [-0.3, -0.25) is 14.2 Å². The van der Waals surface area contributed by atoms with Gasteiger partial charge in [-0.05, 0) is 45.2 Å². The van der Waals surface area contributed by atoms with Crippen LogP contribution in [0.4, 0.5) is 0 Å². The first-order valence-electron chi connectivity index (χ1n) is 12.7. The molecule has 37 heavy (non-hydrogen) atoms. The van der Waals surface area contributed by atoms with E-state index in [9.17, 15) is 9.59 Å². The first-order chi connectivity index (χ1) is 18.0. The van der Waals surface area contributed by atoms with Gasteiger partial charge in [0, 0.05) is 30.8 Å². The molecule has 0 bridgehead atoms. The van der Waals surface area contributed by atoms with Crippen molar-refractivity contribution < 1.29 is 19.1 Å². The van der Waals surface area contributed by atoms with E-state index in [0.29, 0.717) is 38.3 Å². The van der Waals surface area contributed by atoms with Crippen LogP contribution in [0.25, 0.3) is 17.1 Å². The van der Waals surface area contributed by atoms with Crippen LogP contribution in [0.2, 0.25) is 0 Å². The highest BCUT2D eigenvalue weighted by Gasteiger charge is 2.29. The maximum atomic E-state index is 12.8. The number of aromatic nitrogens is 3. The van der Waals surface area contributed by atoms with Crippen LogP contribution in [-0.4, -0.2) is 64.1 Å². The van der Waals surface area contributed by atoms with Gasteiger partial charge in [-0.25, -0.2) is 0 Å². The molecule has 1 aliphatic heterocycles. The number of hydrogen-bond donors (Lipinski definition) is 0. The van der Waals surface area contributed by atoms with Crippen LogP contribution >= 0.6 is 11.8 Å². The second-order valence-corrected chi connectivity index (χ2v) is 10.1. The number of esters is 1. The Hall–Kier alpha value is -3.33. The molecule has 0 N–H and O–H groups in total. The van der Waals surface area contributed by atoms with Gasteiger partial charge in [0.25, 0.3) is 0 Å². The molecule has 1 fully saturated rings. The first-order valence-corrected chi connectivity index (χ1v) is 13.7. The molecule has 1 unspecified atom stereocenters. The van der Waals surface area contributed by atoms with E-state index in [2.05, 4.69) is 29.3 Å². The smallest absolute Gasteiger partial charge is 0.310 e. The average molecular weight is 523 g/mol. The molecule has 1 aromatic heterocycles. The minimum atomic E-state index is -0.216. The molecule has 196 valence electrons. The number of likely N-dealkylation sites (tertiary alicyclic amines) is 1. The summed E-state index contributed by atoms with van der Waals surface area (Å²) in [5.41, 5.74) is 3.00. The lowest BCUT2D eigenvalue weighted by Crippen LogP contribution is -2.42. The molecule has 1 saturated heterocycles. The number of methoxy groups -OCH3 is 1. The van der Waals surface area contributed by atoms with Gasteiger partial charge in [0.2, 0.25) is 5.91 Å². The Morgan fingerprint density at radius 1 is 1.11 bits per heavy atom.